The second-order valence-corrected chi connectivity index (χ2v) is 15.6. The molecule has 64 heavy (non-hydrogen) atoms. The van der Waals surface area contributed by atoms with E-state index in [-0.39, 0.29) is 36.0 Å². The predicted molar refractivity (Wildman–Crippen MR) is 230 cm³/mol. The Bertz CT molecular complexity index is 2720. The second-order valence-electron chi connectivity index (χ2n) is 15.6. The molecule has 2 aliphatic carbocycles. The molecule has 0 fully saturated rings. The van der Waals surface area contributed by atoms with Gasteiger partial charge in [0.25, 0.3) is 23.4 Å². The van der Waals surface area contributed by atoms with Crippen molar-refractivity contribution in [2.45, 2.75) is 65.5 Å². The third-order valence-electron chi connectivity index (χ3n) is 11.8. The standard InChI is InChI=1S/2C24H23FN2O5/c2*1-13-20(23(29)24(26)30)21-18(32-12-19(28)31-2)10-15-6-4-8-17(15)22(21)27(13)11-14-5-3-7-16(25)9-14/h2*3,5,7,9-10H,4,6,8,11-12H2,1-2H3,(H2,26,30). The van der Waals surface area contributed by atoms with Crippen molar-refractivity contribution in [3.8, 4) is 11.5 Å². The van der Waals surface area contributed by atoms with Gasteiger partial charge in [0.2, 0.25) is 0 Å². The first-order valence-corrected chi connectivity index (χ1v) is 20.5. The number of Topliss-reactive ketones (excluding diaryl/α,β-unsaturated/α-hetero) is 2. The summed E-state index contributed by atoms with van der Waals surface area (Å²) in [6.07, 6.45) is 5.08. The number of halogens is 2. The molecule has 2 heterocycles. The van der Waals surface area contributed by atoms with Gasteiger partial charge in [-0.1, -0.05) is 24.3 Å². The van der Waals surface area contributed by atoms with Gasteiger partial charge in [0.05, 0.1) is 47.2 Å². The maximum Gasteiger partial charge on any atom is 0.343 e. The summed E-state index contributed by atoms with van der Waals surface area (Å²) in [7, 11) is 2.51. The highest BCUT2D eigenvalue weighted by Gasteiger charge is 2.32. The summed E-state index contributed by atoms with van der Waals surface area (Å²) in [5.41, 5.74) is 19.1. The molecule has 0 saturated carbocycles. The van der Waals surface area contributed by atoms with Crippen molar-refractivity contribution in [3.63, 3.8) is 0 Å². The van der Waals surface area contributed by atoms with Gasteiger partial charge >= 0.3 is 11.9 Å². The van der Waals surface area contributed by atoms with Crippen LogP contribution in [-0.4, -0.2) is 71.9 Å². The van der Waals surface area contributed by atoms with Crippen LogP contribution < -0.4 is 20.9 Å². The molecule has 0 aliphatic heterocycles. The van der Waals surface area contributed by atoms with Crippen LogP contribution in [0.25, 0.3) is 21.8 Å². The summed E-state index contributed by atoms with van der Waals surface area (Å²) in [6, 6.07) is 16.0. The molecule has 6 aromatic rings. The first-order valence-electron chi connectivity index (χ1n) is 20.5. The number of aromatic nitrogens is 2. The van der Waals surface area contributed by atoms with Gasteiger partial charge in [-0.15, -0.1) is 0 Å². The maximum absolute atomic E-state index is 13.8. The number of carbonyl (C=O) groups excluding carboxylic acids is 6. The molecule has 16 heteroatoms. The summed E-state index contributed by atoms with van der Waals surface area (Å²) >= 11 is 0. The third kappa shape index (κ3) is 8.67. The number of nitrogens with zero attached hydrogens (tertiary/aromatic N) is 2. The maximum atomic E-state index is 13.8. The van der Waals surface area contributed by atoms with Gasteiger partial charge in [-0.3, -0.25) is 19.2 Å². The first kappa shape index (κ1) is 44.7. The van der Waals surface area contributed by atoms with E-state index < -0.39 is 35.3 Å². The van der Waals surface area contributed by atoms with Gasteiger partial charge in [0, 0.05) is 24.5 Å². The topological polar surface area (TPSA) is 201 Å². The molecule has 2 aromatic heterocycles. The number of ether oxygens (including phenoxy) is 4. The summed E-state index contributed by atoms with van der Waals surface area (Å²) in [4.78, 5) is 72.8. The van der Waals surface area contributed by atoms with Crippen LogP contribution in [-0.2, 0) is 67.4 Å². The number of carbonyl (C=O) groups is 6. The average Bonchev–Trinajstić information content (AvgIpc) is 4.06. The van der Waals surface area contributed by atoms with Crippen molar-refractivity contribution in [2.75, 3.05) is 27.4 Å². The van der Waals surface area contributed by atoms with Gasteiger partial charge in [-0.2, -0.15) is 0 Å². The minimum absolute atomic E-state index is 0.137. The molecule has 4 aromatic carbocycles. The quantitative estimate of drug-likeness (QED) is 0.0778. The van der Waals surface area contributed by atoms with Crippen LogP contribution in [0.4, 0.5) is 8.78 Å². The second kappa shape index (κ2) is 18.5. The minimum atomic E-state index is -1.09. The zero-order valence-electron chi connectivity index (χ0n) is 35.7. The molecule has 4 N–H and O–H groups in total. The molecular formula is C48H46F2N4O10. The number of esters is 2. The number of rotatable bonds is 14. The zero-order valence-corrected chi connectivity index (χ0v) is 35.7. The van der Waals surface area contributed by atoms with E-state index in [0.717, 1.165) is 71.8 Å². The predicted octanol–water partition coefficient (Wildman–Crippen LogP) is 5.69. The smallest absolute Gasteiger partial charge is 0.343 e. The number of amides is 2. The minimum Gasteiger partial charge on any atom is -0.481 e. The van der Waals surface area contributed by atoms with Gasteiger partial charge < -0.3 is 39.5 Å². The Labute approximate surface area is 366 Å². The van der Waals surface area contributed by atoms with Crippen molar-refractivity contribution < 1.29 is 56.5 Å². The fraction of sp³-hybridized carbons (Fsp3) is 0.292. The fourth-order valence-corrected chi connectivity index (χ4v) is 8.89. The van der Waals surface area contributed by atoms with Crippen LogP contribution in [0.15, 0.2) is 60.7 Å². The molecule has 0 saturated heterocycles. The van der Waals surface area contributed by atoms with Crippen LogP contribution in [0.3, 0.4) is 0 Å². The van der Waals surface area contributed by atoms with Crippen LogP contribution in [0.1, 0.15) is 78.3 Å². The summed E-state index contributed by atoms with van der Waals surface area (Å²) < 4.78 is 52.3. The molecule has 8 rings (SSSR count). The van der Waals surface area contributed by atoms with E-state index in [4.69, 9.17) is 20.9 Å². The molecule has 0 bridgehead atoms. The normalized spacial score (nSPS) is 12.6. The highest BCUT2D eigenvalue weighted by molar-refractivity contribution is 6.46. The number of primary amides is 2. The Kier molecular flexibility index (Phi) is 13.0. The molecule has 0 spiro atoms. The van der Waals surface area contributed by atoms with E-state index in [1.807, 2.05) is 21.3 Å². The highest BCUT2D eigenvalue weighted by atomic mass is 19.1. The number of aryl methyl sites for hydroxylation is 4. The van der Waals surface area contributed by atoms with Gasteiger partial charge in [-0.05, 0) is 122 Å². The van der Waals surface area contributed by atoms with E-state index in [1.54, 1.807) is 38.1 Å². The highest BCUT2D eigenvalue weighted by Crippen LogP contribution is 2.43. The monoisotopic (exact) mass is 876 g/mol. The summed E-state index contributed by atoms with van der Waals surface area (Å²) in [6.45, 7) is 3.34. The Morgan fingerprint density at radius 1 is 0.594 bits per heavy atom. The molecule has 0 unspecified atom stereocenters. The largest absolute Gasteiger partial charge is 0.481 e. The molecular weight excluding hydrogens is 831 g/mol. The average molecular weight is 877 g/mol. The van der Waals surface area contributed by atoms with Gasteiger partial charge in [-0.25, -0.2) is 18.4 Å². The Morgan fingerprint density at radius 2 is 0.984 bits per heavy atom. The lowest BCUT2D eigenvalue weighted by molar-refractivity contribution is -0.143. The Hall–Kier alpha value is -7.36. The third-order valence-corrected chi connectivity index (χ3v) is 11.8. The zero-order chi connectivity index (χ0) is 46.0. The lowest BCUT2D eigenvalue weighted by Crippen LogP contribution is -2.24. The van der Waals surface area contributed by atoms with Crippen LogP contribution in [0, 0.1) is 25.5 Å². The Balaban J connectivity index is 0.000000191. The number of fused-ring (bicyclic) bond motifs is 6. The van der Waals surface area contributed by atoms with E-state index in [2.05, 4.69) is 9.47 Å². The summed E-state index contributed by atoms with van der Waals surface area (Å²) in [5.74, 6) is -5.09. The SMILES string of the molecule is COC(=O)COc1cc2c(c3c1c(C(=O)C(N)=O)c(C)n3Cc1cccc(F)c1)CCC2.COC(=O)COc1cc2c(c3c1c(C(=O)C(N)=O)c(C)n3Cc1cccc(F)c1)CCC2. The first-order chi connectivity index (χ1) is 30.6. The van der Waals surface area contributed by atoms with Crippen molar-refractivity contribution >= 4 is 57.1 Å². The van der Waals surface area contributed by atoms with Crippen molar-refractivity contribution in [1.82, 2.24) is 9.13 Å². The van der Waals surface area contributed by atoms with Crippen LogP contribution >= 0.6 is 0 Å². The lowest BCUT2D eigenvalue weighted by atomic mass is 10.0. The number of methoxy groups -OCH3 is 2. The number of ketones is 2. The molecule has 2 amide bonds. The van der Waals surface area contributed by atoms with Gasteiger partial charge in [0.1, 0.15) is 23.1 Å². The summed E-state index contributed by atoms with van der Waals surface area (Å²) in [5, 5.41) is 0.875. The van der Waals surface area contributed by atoms with E-state index in [9.17, 15) is 37.5 Å². The number of hydrogen-bond acceptors (Lipinski definition) is 10. The molecule has 0 atom stereocenters. The number of nitrogens with two attached hydrogens (primary N) is 2. The number of hydrogen-bond donors (Lipinski definition) is 2. The van der Waals surface area contributed by atoms with E-state index in [0.29, 0.717) is 57.9 Å². The van der Waals surface area contributed by atoms with Gasteiger partial charge in [0.15, 0.2) is 13.2 Å². The van der Waals surface area contributed by atoms with Crippen LogP contribution in [0.2, 0.25) is 0 Å². The van der Waals surface area contributed by atoms with Crippen molar-refractivity contribution in [3.05, 3.63) is 128 Å². The Morgan fingerprint density at radius 3 is 1.33 bits per heavy atom. The lowest BCUT2D eigenvalue weighted by Gasteiger charge is -2.14. The van der Waals surface area contributed by atoms with Crippen molar-refractivity contribution in [1.29, 1.82) is 0 Å². The molecule has 14 nitrogen and oxygen atoms in total. The fourth-order valence-electron chi connectivity index (χ4n) is 8.89. The number of benzene rings is 4. The van der Waals surface area contributed by atoms with Crippen LogP contribution in [0.5, 0.6) is 11.5 Å². The molecule has 2 aliphatic rings. The molecule has 0 radical (unpaired) electrons. The molecule has 332 valence electrons. The van der Waals surface area contributed by atoms with E-state index in [1.165, 1.54) is 38.5 Å². The van der Waals surface area contributed by atoms with E-state index >= 15 is 0 Å². The van der Waals surface area contributed by atoms with Crippen molar-refractivity contribution in [2.24, 2.45) is 11.5 Å².